The molecular weight excluding hydrogens is 270 g/mol. The summed E-state index contributed by atoms with van der Waals surface area (Å²) in [7, 11) is 0. The van der Waals surface area contributed by atoms with Crippen LogP contribution < -0.4 is 5.32 Å². The molecule has 1 heterocycles. The summed E-state index contributed by atoms with van der Waals surface area (Å²) in [5.74, 6) is 2.00. The molecular formula is C17H22ClNO. The molecule has 1 aromatic heterocycles. The lowest BCUT2D eigenvalue weighted by atomic mass is 9.99. The maximum atomic E-state index is 6.05. The average molecular weight is 292 g/mol. The normalized spacial score (nSPS) is 12.6. The minimum atomic E-state index is 0.0903. The zero-order valence-electron chi connectivity index (χ0n) is 12.4. The number of hydrogen-bond donors (Lipinski definition) is 1. The lowest BCUT2D eigenvalue weighted by molar-refractivity contribution is 0.421. The van der Waals surface area contributed by atoms with Crippen LogP contribution in [0, 0.1) is 6.92 Å². The minimum absolute atomic E-state index is 0.0903. The van der Waals surface area contributed by atoms with Crippen LogP contribution in [0.15, 0.2) is 34.7 Å². The van der Waals surface area contributed by atoms with Crippen molar-refractivity contribution in [3.05, 3.63) is 58.0 Å². The molecule has 20 heavy (non-hydrogen) atoms. The highest BCUT2D eigenvalue weighted by Crippen LogP contribution is 2.28. The van der Waals surface area contributed by atoms with E-state index in [9.17, 15) is 0 Å². The molecule has 1 unspecified atom stereocenters. The van der Waals surface area contributed by atoms with Crippen molar-refractivity contribution in [2.24, 2.45) is 0 Å². The molecule has 0 saturated carbocycles. The van der Waals surface area contributed by atoms with Crippen molar-refractivity contribution < 1.29 is 4.42 Å². The first kappa shape index (κ1) is 15.1. The average Bonchev–Trinajstić information content (AvgIpc) is 2.90. The third-order valence-corrected chi connectivity index (χ3v) is 3.69. The van der Waals surface area contributed by atoms with E-state index in [-0.39, 0.29) is 6.04 Å². The SMILES string of the molecule is CCCNC(c1ccc(CC)o1)c1ccc(Cl)cc1C. The van der Waals surface area contributed by atoms with Crippen molar-refractivity contribution in [1.29, 1.82) is 0 Å². The molecule has 1 atom stereocenters. The lowest BCUT2D eigenvalue weighted by Gasteiger charge is -2.19. The Morgan fingerprint density at radius 1 is 1.20 bits per heavy atom. The van der Waals surface area contributed by atoms with Gasteiger partial charge in [-0.15, -0.1) is 0 Å². The summed E-state index contributed by atoms with van der Waals surface area (Å²) in [4.78, 5) is 0. The fraction of sp³-hybridized carbons (Fsp3) is 0.412. The zero-order chi connectivity index (χ0) is 14.5. The molecule has 0 aliphatic heterocycles. The van der Waals surface area contributed by atoms with Crippen molar-refractivity contribution in [1.82, 2.24) is 5.32 Å². The molecule has 3 heteroatoms. The van der Waals surface area contributed by atoms with Crippen LogP contribution in [-0.4, -0.2) is 6.54 Å². The Labute approximate surface area is 126 Å². The Hall–Kier alpha value is -1.25. The van der Waals surface area contributed by atoms with Crippen LogP contribution in [-0.2, 0) is 6.42 Å². The molecule has 2 rings (SSSR count). The zero-order valence-corrected chi connectivity index (χ0v) is 13.1. The third kappa shape index (κ3) is 3.44. The van der Waals surface area contributed by atoms with Gasteiger partial charge in [-0.05, 0) is 55.3 Å². The summed E-state index contributed by atoms with van der Waals surface area (Å²) in [5, 5.41) is 4.34. The van der Waals surface area contributed by atoms with Crippen LogP contribution in [0.2, 0.25) is 5.02 Å². The first-order valence-corrected chi connectivity index (χ1v) is 7.61. The predicted molar refractivity (Wildman–Crippen MR) is 84.4 cm³/mol. The maximum Gasteiger partial charge on any atom is 0.125 e. The van der Waals surface area contributed by atoms with Crippen LogP contribution >= 0.6 is 11.6 Å². The van der Waals surface area contributed by atoms with Gasteiger partial charge in [0.15, 0.2) is 0 Å². The molecule has 2 aromatic rings. The van der Waals surface area contributed by atoms with Gasteiger partial charge >= 0.3 is 0 Å². The molecule has 0 aliphatic rings. The summed E-state index contributed by atoms with van der Waals surface area (Å²) < 4.78 is 5.94. The Morgan fingerprint density at radius 3 is 2.60 bits per heavy atom. The van der Waals surface area contributed by atoms with Gasteiger partial charge in [0.2, 0.25) is 0 Å². The highest BCUT2D eigenvalue weighted by atomic mass is 35.5. The van der Waals surface area contributed by atoms with Crippen molar-refractivity contribution in [3.8, 4) is 0 Å². The number of aryl methyl sites for hydroxylation is 2. The van der Waals surface area contributed by atoms with E-state index in [4.69, 9.17) is 16.0 Å². The summed E-state index contributed by atoms with van der Waals surface area (Å²) in [6.07, 6.45) is 2.00. The van der Waals surface area contributed by atoms with Gasteiger partial charge in [0.25, 0.3) is 0 Å². The van der Waals surface area contributed by atoms with Gasteiger partial charge in [-0.25, -0.2) is 0 Å². The van der Waals surface area contributed by atoms with E-state index in [0.29, 0.717) is 0 Å². The molecule has 1 N–H and O–H groups in total. The van der Waals surface area contributed by atoms with Crippen molar-refractivity contribution in [3.63, 3.8) is 0 Å². The van der Waals surface area contributed by atoms with E-state index in [0.717, 1.165) is 35.9 Å². The molecule has 108 valence electrons. The van der Waals surface area contributed by atoms with Gasteiger partial charge < -0.3 is 9.73 Å². The van der Waals surface area contributed by atoms with Gasteiger partial charge in [-0.2, -0.15) is 0 Å². The van der Waals surface area contributed by atoms with Crippen LogP contribution in [0.25, 0.3) is 0 Å². The van der Waals surface area contributed by atoms with Crippen molar-refractivity contribution in [2.75, 3.05) is 6.54 Å². The molecule has 2 nitrogen and oxygen atoms in total. The number of rotatable bonds is 6. The van der Waals surface area contributed by atoms with Crippen molar-refractivity contribution >= 4 is 11.6 Å². The Balaban J connectivity index is 2.35. The monoisotopic (exact) mass is 291 g/mol. The van der Waals surface area contributed by atoms with E-state index >= 15 is 0 Å². The fourth-order valence-electron chi connectivity index (χ4n) is 2.36. The fourth-order valence-corrected chi connectivity index (χ4v) is 2.58. The van der Waals surface area contributed by atoms with E-state index < -0.39 is 0 Å². The largest absolute Gasteiger partial charge is 0.464 e. The molecule has 1 aromatic carbocycles. The van der Waals surface area contributed by atoms with Gasteiger partial charge in [-0.3, -0.25) is 0 Å². The Kier molecular flexibility index (Phi) is 5.27. The second kappa shape index (κ2) is 6.96. The molecule has 0 amide bonds. The predicted octanol–water partition coefficient (Wildman–Crippen LogP) is 4.89. The first-order chi connectivity index (χ1) is 9.65. The van der Waals surface area contributed by atoms with Gasteiger partial charge in [0, 0.05) is 11.4 Å². The number of halogens is 1. The number of benzene rings is 1. The van der Waals surface area contributed by atoms with Gasteiger partial charge in [0.05, 0.1) is 6.04 Å². The van der Waals surface area contributed by atoms with Crippen LogP contribution in [0.1, 0.15) is 49.0 Å². The Morgan fingerprint density at radius 2 is 2.00 bits per heavy atom. The molecule has 0 fully saturated rings. The Bertz CT molecular complexity index is 562. The number of hydrogen-bond acceptors (Lipinski definition) is 2. The second-order valence-electron chi connectivity index (χ2n) is 5.05. The van der Waals surface area contributed by atoms with Gasteiger partial charge in [0.1, 0.15) is 11.5 Å². The highest BCUT2D eigenvalue weighted by Gasteiger charge is 2.19. The molecule has 0 radical (unpaired) electrons. The first-order valence-electron chi connectivity index (χ1n) is 7.23. The number of furan rings is 1. The van der Waals surface area contributed by atoms with Crippen LogP contribution in [0.4, 0.5) is 0 Å². The number of nitrogens with one attached hydrogen (secondary N) is 1. The summed E-state index contributed by atoms with van der Waals surface area (Å²) in [6.45, 7) is 7.31. The summed E-state index contributed by atoms with van der Waals surface area (Å²) >= 11 is 6.05. The standard InChI is InChI=1S/C17H22ClNO/c1-4-10-19-17(16-9-7-14(5-2)20-16)15-8-6-13(18)11-12(15)3/h6-9,11,17,19H,4-5,10H2,1-3H3. The van der Waals surface area contributed by atoms with E-state index in [1.165, 1.54) is 11.1 Å². The molecule has 0 bridgehead atoms. The quantitative estimate of drug-likeness (QED) is 0.819. The molecule has 0 aliphatic carbocycles. The molecule has 0 spiro atoms. The summed E-state index contributed by atoms with van der Waals surface area (Å²) in [5.41, 5.74) is 2.40. The van der Waals surface area contributed by atoms with Gasteiger partial charge in [-0.1, -0.05) is 31.5 Å². The third-order valence-electron chi connectivity index (χ3n) is 3.46. The molecule has 0 saturated heterocycles. The maximum absolute atomic E-state index is 6.05. The van der Waals surface area contributed by atoms with Crippen molar-refractivity contribution in [2.45, 2.75) is 39.7 Å². The van der Waals surface area contributed by atoms with Crippen LogP contribution in [0.5, 0.6) is 0 Å². The highest BCUT2D eigenvalue weighted by molar-refractivity contribution is 6.30. The van der Waals surface area contributed by atoms with E-state index in [1.54, 1.807) is 0 Å². The topological polar surface area (TPSA) is 25.2 Å². The summed E-state index contributed by atoms with van der Waals surface area (Å²) in [6, 6.07) is 10.2. The van der Waals surface area contributed by atoms with E-state index in [1.807, 2.05) is 12.1 Å². The smallest absolute Gasteiger partial charge is 0.125 e. The van der Waals surface area contributed by atoms with E-state index in [2.05, 4.69) is 44.3 Å². The second-order valence-corrected chi connectivity index (χ2v) is 5.48. The minimum Gasteiger partial charge on any atom is -0.464 e. The lowest BCUT2D eigenvalue weighted by Crippen LogP contribution is -2.23. The van der Waals surface area contributed by atoms with Crippen LogP contribution in [0.3, 0.4) is 0 Å².